The van der Waals surface area contributed by atoms with Crippen LogP contribution in [0.2, 0.25) is 5.02 Å². The minimum absolute atomic E-state index is 0.144. The normalized spacial score (nSPS) is 11.6. The van der Waals surface area contributed by atoms with Crippen molar-refractivity contribution in [2.45, 2.75) is 33.4 Å². The zero-order valence-corrected chi connectivity index (χ0v) is 17.6. The molecular formula is C22H22ClN3O4. The SMILES string of the molecule is Cc1nc(C)c(C(=O)NC(C)c2ccc(NC(=O)OCc3ccc(Cl)cc3)cc2)o1. The Labute approximate surface area is 179 Å². The first-order chi connectivity index (χ1) is 14.3. The molecule has 0 saturated heterocycles. The van der Waals surface area contributed by atoms with Crippen LogP contribution in [-0.2, 0) is 11.3 Å². The van der Waals surface area contributed by atoms with E-state index in [0.29, 0.717) is 22.3 Å². The number of ether oxygens (including phenoxy) is 1. The van der Waals surface area contributed by atoms with E-state index in [1.165, 1.54) is 0 Å². The molecule has 0 spiro atoms. The summed E-state index contributed by atoms with van der Waals surface area (Å²) in [5.74, 6) is 0.332. The molecule has 0 aliphatic carbocycles. The molecule has 0 aliphatic rings. The summed E-state index contributed by atoms with van der Waals surface area (Å²) < 4.78 is 10.5. The number of hydrogen-bond donors (Lipinski definition) is 2. The van der Waals surface area contributed by atoms with Gasteiger partial charge in [0.2, 0.25) is 5.76 Å². The van der Waals surface area contributed by atoms with Crippen LogP contribution in [0.1, 0.15) is 46.2 Å². The third kappa shape index (κ3) is 5.61. The highest BCUT2D eigenvalue weighted by atomic mass is 35.5. The van der Waals surface area contributed by atoms with E-state index in [4.69, 9.17) is 20.8 Å². The Morgan fingerprint density at radius 3 is 2.37 bits per heavy atom. The number of aryl methyl sites for hydroxylation is 2. The van der Waals surface area contributed by atoms with Gasteiger partial charge in [-0.05, 0) is 49.2 Å². The van der Waals surface area contributed by atoms with Crippen LogP contribution in [0.25, 0.3) is 0 Å². The van der Waals surface area contributed by atoms with Crippen LogP contribution >= 0.6 is 11.6 Å². The lowest BCUT2D eigenvalue weighted by Crippen LogP contribution is -2.26. The van der Waals surface area contributed by atoms with Crippen LogP contribution in [0.3, 0.4) is 0 Å². The monoisotopic (exact) mass is 427 g/mol. The largest absolute Gasteiger partial charge is 0.444 e. The fourth-order valence-corrected chi connectivity index (χ4v) is 2.95. The summed E-state index contributed by atoms with van der Waals surface area (Å²) in [5.41, 5.74) is 2.85. The van der Waals surface area contributed by atoms with Crippen molar-refractivity contribution in [3.8, 4) is 0 Å². The molecule has 156 valence electrons. The molecule has 1 heterocycles. The van der Waals surface area contributed by atoms with E-state index in [1.54, 1.807) is 50.2 Å². The summed E-state index contributed by atoms with van der Waals surface area (Å²) in [4.78, 5) is 28.4. The first-order valence-electron chi connectivity index (χ1n) is 9.35. The molecule has 0 saturated carbocycles. The lowest BCUT2D eigenvalue weighted by Gasteiger charge is -2.14. The first kappa shape index (κ1) is 21.4. The zero-order chi connectivity index (χ0) is 21.7. The van der Waals surface area contributed by atoms with Crippen LogP contribution in [0.4, 0.5) is 10.5 Å². The zero-order valence-electron chi connectivity index (χ0n) is 16.9. The van der Waals surface area contributed by atoms with Gasteiger partial charge in [-0.25, -0.2) is 9.78 Å². The number of hydrogen-bond acceptors (Lipinski definition) is 5. The van der Waals surface area contributed by atoms with Crippen molar-refractivity contribution in [3.63, 3.8) is 0 Å². The molecule has 7 nitrogen and oxygen atoms in total. The molecule has 2 amide bonds. The van der Waals surface area contributed by atoms with Crippen molar-refractivity contribution in [3.05, 3.63) is 82.0 Å². The Bertz CT molecular complexity index is 1030. The molecule has 0 radical (unpaired) electrons. The fourth-order valence-electron chi connectivity index (χ4n) is 2.83. The highest BCUT2D eigenvalue weighted by Crippen LogP contribution is 2.18. The summed E-state index contributed by atoms with van der Waals surface area (Å²) in [6.07, 6.45) is -0.560. The summed E-state index contributed by atoms with van der Waals surface area (Å²) in [6, 6.07) is 13.9. The van der Waals surface area contributed by atoms with E-state index in [9.17, 15) is 9.59 Å². The minimum atomic E-state index is -0.560. The summed E-state index contributed by atoms with van der Waals surface area (Å²) >= 11 is 5.83. The first-order valence-corrected chi connectivity index (χ1v) is 9.72. The van der Waals surface area contributed by atoms with Crippen LogP contribution in [0, 0.1) is 13.8 Å². The average molecular weight is 428 g/mol. The van der Waals surface area contributed by atoms with Crippen LogP contribution < -0.4 is 10.6 Å². The van der Waals surface area contributed by atoms with Gasteiger partial charge in [0.15, 0.2) is 5.89 Å². The fraction of sp³-hybridized carbons (Fsp3) is 0.227. The Morgan fingerprint density at radius 1 is 1.10 bits per heavy atom. The predicted octanol–water partition coefficient (Wildman–Crippen LogP) is 5.18. The summed E-state index contributed by atoms with van der Waals surface area (Å²) in [5, 5.41) is 6.17. The number of halogens is 1. The molecule has 0 fully saturated rings. The van der Waals surface area contributed by atoms with E-state index in [0.717, 1.165) is 11.1 Å². The molecule has 1 unspecified atom stereocenters. The molecular weight excluding hydrogens is 406 g/mol. The van der Waals surface area contributed by atoms with Crippen molar-refractivity contribution >= 4 is 29.3 Å². The molecule has 3 aromatic rings. The number of rotatable bonds is 6. The van der Waals surface area contributed by atoms with Crippen molar-refractivity contribution in [2.75, 3.05) is 5.32 Å². The van der Waals surface area contributed by atoms with Crippen LogP contribution in [-0.4, -0.2) is 17.0 Å². The molecule has 8 heteroatoms. The van der Waals surface area contributed by atoms with Gasteiger partial charge in [-0.15, -0.1) is 0 Å². The number of nitrogens with one attached hydrogen (secondary N) is 2. The highest BCUT2D eigenvalue weighted by Gasteiger charge is 2.18. The van der Waals surface area contributed by atoms with Crippen molar-refractivity contribution in [2.24, 2.45) is 0 Å². The summed E-state index contributed by atoms with van der Waals surface area (Å²) in [6.45, 7) is 5.42. The molecule has 1 aromatic heterocycles. The lowest BCUT2D eigenvalue weighted by molar-refractivity contribution is 0.0909. The molecule has 30 heavy (non-hydrogen) atoms. The topological polar surface area (TPSA) is 93.5 Å². The van der Waals surface area contributed by atoms with Gasteiger partial charge in [0, 0.05) is 17.6 Å². The van der Waals surface area contributed by atoms with Crippen LogP contribution in [0.15, 0.2) is 52.9 Å². The highest BCUT2D eigenvalue weighted by molar-refractivity contribution is 6.30. The molecule has 2 aromatic carbocycles. The Balaban J connectivity index is 1.52. The van der Waals surface area contributed by atoms with E-state index in [-0.39, 0.29) is 24.3 Å². The number of amides is 2. The second kappa shape index (κ2) is 9.45. The number of anilines is 1. The Hall–Kier alpha value is -3.32. The van der Waals surface area contributed by atoms with Gasteiger partial charge in [-0.1, -0.05) is 35.9 Å². The van der Waals surface area contributed by atoms with Crippen molar-refractivity contribution in [1.29, 1.82) is 0 Å². The average Bonchev–Trinajstić information content (AvgIpc) is 3.06. The van der Waals surface area contributed by atoms with Gasteiger partial charge in [-0.3, -0.25) is 10.1 Å². The lowest BCUT2D eigenvalue weighted by atomic mass is 10.1. The maximum Gasteiger partial charge on any atom is 0.411 e. The maximum atomic E-state index is 12.4. The van der Waals surface area contributed by atoms with E-state index < -0.39 is 6.09 Å². The number of carbonyl (C=O) groups is 2. The van der Waals surface area contributed by atoms with Gasteiger partial charge < -0.3 is 14.5 Å². The Kier molecular flexibility index (Phi) is 6.74. The number of aromatic nitrogens is 1. The van der Waals surface area contributed by atoms with Gasteiger partial charge in [0.25, 0.3) is 5.91 Å². The smallest absolute Gasteiger partial charge is 0.411 e. The minimum Gasteiger partial charge on any atom is -0.444 e. The maximum absolute atomic E-state index is 12.4. The molecule has 0 aliphatic heterocycles. The van der Waals surface area contributed by atoms with Gasteiger partial charge in [0.05, 0.1) is 11.7 Å². The molecule has 3 rings (SSSR count). The second-order valence-corrected chi connectivity index (χ2v) is 7.23. The van der Waals surface area contributed by atoms with Gasteiger partial charge in [0.1, 0.15) is 6.61 Å². The molecule has 1 atom stereocenters. The van der Waals surface area contributed by atoms with Gasteiger partial charge in [-0.2, -0.15) is 0 Å². The van der Waals surface area contributed by atoms with Crippen molar-refractivity contribution < 1.29 is 18.7 Å². The van der Waals surface area contributed by atoms with Gasteiger partial charge >= 0.3 is 6.09 Å². The quantitative estimate of drug-likeness (QED) is 0.565. The van der Waals surface area contributed by atoms with E-state index >= 15 is 0 Å². The number of nitrogens with zero attached hydrogens (tertiary/aromatic N) is 1. The molecule has 0 bridgehead atoms. The standard InChI is InChI=1S/C22H22ClN3O4/c1-13(25-21(27)20-14(2)24-15(3)30-20)17-6-10-19(11-7-17)26-22(28)29-12-16-4-8-18(23)9-5-16/h4-11,13H,12H2,1-3H3,(H,25,27)(H,26,28). The Morgan fingerprint density at radius 2 is 1.77 bits per heavy atom. The number of oxazole rings is 1. The third-order valence-electron chi connectivity index (χ3n) is 4.40. The third-order valence-corrected chi connectivity index (χ3v) is 4.65. The molecule has 2 N–H and O–H groups in total. The van der Waals surface area contributed by atoms with E-state index in [1.807, 2.05) is 19.1 Å². The predicted molar refractivity (Wildman–Crippen MR) is 114 cm³/mol. The van der Waals surface area contributed by atoms with Crippen LogP contribution in [0.5, 0.6) is 0 Å². The number of benzene rings is 2. The van der Waals surface area contributed by atoms with E-state index in [2.05, 4.69) is 15.6 Å². The second-order valence-electron chi connectivity index (χ2n) is 6.79. The number of carbonyl (C=O) groups excluding carboxylic acids is 2. The summed E-state index contributed by atoms with van der Waals surface area (Å²) in [7, 11) is 0. The van der Waals surface area contributed by atoms with Crippen molar-refractivity contribution in [1.82, 2.24) is 10.3 Å².